The number of halogens is 2. The smallest absolute Gasteiger partial charge is 0.227 e. The summed E-state index contributed by atoms with van der Waals surface area (Å²) in [5.41, 5.74) is 0.919. The first-order valence-electron chi connectivity index (χ1n) is 9.94. The Morgan fingerprint density at radius 3 is 2.68 bits per heavy atom. The molecule has 3 heterocycles. The van der Waals surface area contributed by atoms with Gasteiger partial charge in [-0.15, -0.1) is 12.4 Å². The van der Waals surface area contributed by atoms with Crippen molar-refractivity contribution in [1.29, 1.82) is 0 Å². The lowest BCUT2D eigenvalue weighted by Gasteiger charge is -2.31. The molecule has 4 rings (SSSR count). The Kier molecular flexibility index (Phi) is 7.54. The van der Waals surface area contributed by atoms with Crippen LogP contribution in [0.15, 0.2) is 48.9 Å². The second kappa shape index (κ2) is 10.3. The molecular formula is C21H25ClFN7O. The predicted octanol–water partition coefficient (Wildman–Crippen LogP) is 3.71. The Bertz CT molecular complexity index is 977. The van der Waals surface area contributed by atoms with E-state index >= 15 is 0 Å². The first-order chi connectivity index (χ1) is 14.6. The van der Waals surface area contributed by atoms with Crippen LogP contribution in [0.2, 0.25) is 0 Å². The molecule has 0 amide bonds. The van der Waals surface area contributed by atoms with Crippen LogP contribution in [-0.4, -0.2) is 44.2 Å². The number of hydrogen-bond acceptors (Lipinski definition) is 8. The van der Waals surface area contributed by atoms with Crippen LogP contribution in [-0.2, 0) is 0 Å². The Morgan fingerprint density at radius 2 is 1.97 bits per heavy atom. The molecule has 0 saturated carbocycles. The molecule has 31 heavy (non-hydrogen) atoms. The number of anilines is 4. The molecule has 1 unspecified atom stereocenters. The number of piperidine rings is 1. The molecule has 1 aromatic carbocycles. The van der Waals surface area contributed by atoms with E-state index in [0.29, 0.717) is 29.9 Å². The molecule has 8 nitrogen and oxygen atoms in total. The van der Waals surface area contributed by atoms with Crippen LogP contribution in [0.25, 0.3) is 0 Å². The number of hydrogen-bond donors (Lipinski definition) is 3. The second-order valence-corrected chi connectivity index (χ2v) is 7.31. The minimum absolute atomic E-state index is 0. The van der Waals surface area contributed by atoms with Crippen molar-refractivity contribution in [2.24, 2.45) is 0 Å². The highest BCUT2D eigenvalue weighted by atomic mass is 35.5. The van der Waals surface area contributed by atoms with E-state index in [-0.39, 0.29) is 30.4 Å². The predicted molar refractivity (Wildman–Crippen MR) is 120 cm³/mol. The molecule has 1 fully saturated rings. The van der Waals surface area contributed by atoms with Gasteiger partial charge in [0.05, 0.1) is 18.3 Å². The molecule has 164 valence electrons. The Labute approximate surface area is 186 Å². The normalized spacial score (nSPS) is 16.9. The monoisotopic (exact) mass is 445 g/mol. The van der Waals surface area contributed by atoms with Crippen molar-refractivity contribution < 1.29 is 9.50 Å². The van der Waals surface area contributed by atoms with Crippen molar-refractivity contribution >= 4 is 35.8 Å². The molecule has 10 heteroatoms. The van der Waals surface area contributed by atoms with Gasteiger partial charge in [0.15, 0.2) is 0 Å². The van der Waals surface area contributed by atoms with Gasteiger partial charge in [-0.3, -0.25) is 4.98 Å². The van der Waals surface area contributed by atoms with Crippen LogP contribution in [0.5, 0.6) is 0 Å². The molecular weight excluding hydrogens is 421 g/mol. The van der Waals surface area contributed by atoms with Gasteiger partial charge in [0, 0.05) is 31.5 Å². The van der Waals surface area contributed by atoms with E-state index in [0.717, 1.165) is 24.9 Å². The summed E-state index contributed by atoms with van der Waals surface area (Å²) >= 11 is 0. The Balaban J connectivity index is 0.00000272. The fourth-order valence-corrected chi connectivity index (χ4v) is 3.41. The summed E-state index contributed by atoms with van der Waals surface area (Å²) in [4.78, 5) is 19.6. The van der Waals surface area contributed by atoms with Gasteiger partial charge < -0.3 is 20.6 Å². The number of aliphatic hydroxyl groups is 1. The van der Waals surface area contributed by atoms with Gasteiger partial charge in [-0.25, -0.2) is 9.37 Å². The minimum atomic E-state index is -0.375. The Hall–Kier alpha value is -3.04. The standard InChI is InChI=1S/C21H24FN7O.ClH/c1-14(15-4-6-16(22)7-5-15)25-21-27-18(26-19-12-23-8-9-24-19)11-20(28-21)29-10-2-3-17(30)13-29;/h4-9,11-12,14,17,30H,2-3,10,13H2,1H3,(H2,24,25,26,27,28);1H/t14-,17?;/m0./s1. The average Bonchev–Trinajstić information content (AvgIpc) is 2.75. The number of aliphatic hydroxyl groups excluding tert-OH is 1. The van der Waals surface area contributed by atoms with Gasteiger partial charge in [0.25, 0.3) is 0 Å². The lowest BCUT2D eigenvalue weighted by Crippen LogP contribution is -2.38. The first-order valence-corrected chi connectivity index (χ1v) is 9.94. The van der Waals surface area contributed by atoms with E-state index in [9.17, 15) is 9.50 Å². The van der Waals surface area contributed by atoms with Gasteiger partial charge in [-0.1, -0.05) is 12.1 Å². The molecule has 1 aliphatic heterocycles. The molecule has 0 spiro atoms. The van der Waals surface area contributed by atoms with E-state index in [1.165, 1.54) is 12.1 Å². The largest absolute Gasteiger partial charge is 0.391 e. The quantitative estimate of drug-likeness (QED) is 0.528. The number of rotatable bonds is 6. The van der Waals surface area contributed by atoms with Gasteiger partial charge >= 0.3 is 0 Å². The third kappa shape index (κ3) is 5.99. The molecule has 3 N–H and O–H groups in total. The summed E-state index contributed by atoms with van der Waals surface area (Å²) in [5, 5.41) is 16.5. The number of aromatic nitrogens is 4. The van der Waals surface area contributed by atoms with E-state index in [1.807, 2.05) is 17.9 Å². The van der Waals surface area contributed by atoms with Gasteiger partial charge in [0.2, 0.25) is 5.95 Å². The molecule has 2 atom stereocenters. The number of nitrogens with one attached hydrogen (secondary N) is 2. The zero-order valence-corrected chi connectivity index (χ0v) is 17.9. The zero-order chi connectivity index (χ0) is 20.9. The number of nitrogens with zero attached hydrogens (tertiary/aromatic N) is 5. The van der Waals surface area contributed by atoms with Crippen molar-refractivity contribution in [2.75, 3.05) is 28.6 Å². The number of β-amino-alcohol motifs (C(OH)–C–C–N with tert-alkyl or cyclic N) is 1. The highest BCUT2D eigenvalue weighted by Crippen LogP contribution is 2.25. The third-order valence-electron chi connectivity index (χ3n) is 4.97. The third-order valence-corrected chi connectivity index (χ3v) is 4.97. The van der Waals surface area contributed by atoms with Crippen molar-refractivity contribution in [2.45, 2.75) is 31.9 Å². The van der Waals surface area contributed by atoms with E-state index in [2.05, 4.69) is 30.6 Å². The van der Waals surface area contributed by atoms with Crippen molar-refractivity contribution in [3.05, 3.63) is 60.3 Å². The molecule has 2 aromatic heterocycles. The highest BCUT2D eigenvalue weighted by molar-refractivity contribution is 5.85. The molecule has 1 aliphatic rings. The summed E-state index contributed by atoms with van der Waals surface area (Å²) in [5.74, 6) is 2.00. The summed E-state index contributed by atoms with van der Waals surface area (Å²) in [7, 11) is 0. The summed E-state index contributed by atoms with van der Waals surface area (Å²) in [6.45, 7) is 3.30. The molecule has 0 bridgehead atoms. The molecule has 0 aliphatic carbocycles. The van der Waals surface area contributed by atoms with Gasteiger partial charge in [0.1, 0.15) is 23.3 Å². The summed E-state index contributed by atoms with van der Waals surface area (Å²) < 4.78 is 13.2. The van der Waals surface area contributed by atoms with E-state index in [1.54, 1.807) is 30.7 Å². The fourth-order valence-electron chi connectivity index (χ4n) is 3.41. The van der Waals surface area contributed by atoms with Crippen LogP contribution in [0.3, 0.4) is 0 Å². The zero-order valence-electron chi connectivity index (χ0n) is 17.1. The first kappa shape index (κ1) is 22.6. The molecule has 1 saturated heterocycles. The SMILES string of the molecule is C[C@H](Nc1nc(Nc2cnccn2)cc(N2CCCC(O)C2)n1)c1ccc(F)cc1.Cl. The van der Waals surface area contributed by atoms with Crippen molar-refractivity contribution in [3.63, 3.8) is 0 Å². The molecule has 3 aromatic rings. The minimum Gasteiger partial charge on any atom is -0.391 e. The lowest BCUT2D eigenvalue weighted by atomic mass is 10.1. The van der Waals surface area contributed by atoms with Gasteiger partial charge in [-0.2, -0.15) is 9.97 Å². The van der Waals surface area contributed by atoms with Crippen LogP contribution >= 0.6 is 12.4 Å². The van der Waals surface area contributed by atoms with Gasteiger partial charge in [-0.05, 0) is 37.5 Å². The maximum Gasteiger partial charge on any atom is 0.227 e. The number of benzene rings is 1. The van der Waals surface area contributed by atoms with Crippen molar-refractivity contribution in [1.82, 2.24) is 19.9 Å². The molecule has 0 radical (unpaired) electrons. The maximum atomic E-state index is 13.2. The summed E-state index contributed by atoms with van der Waals surface area (Å²) in [6.07, 6.45) is 6.12. The average molecular weight is 446 g/mol. The highest BCUT2D eigenvalue weighted by Gasteiger charge is 2.21. The van der Waals surface area contributed by atoms with Crippen LogP contribution in [0, 0.1) is 5.82 Å². The van der Waals surface area contributed by atoms with Crippen LogP contribution in [0.4, 0.5) is 27.8 Å². The summed E-state index contributed by atoms with van der Waals surface area (Å²) in [6, 6.07) is 8.03. The lowest BCUT2D eigenvalue weighted by molar-refractivity contribution is 0.154. The second-order valence-electron chi connectivity index (χ2n) is 7.31. The van der Waals surface area contributed by atoms with Crippen LogP contribution in [0.1, 0.15) is 31.4 Å². The van der Waals surface area contributed by atoms with E-state index in [4.69, 9.17) is 0 Å². The van der Waals surface area contributed by atoms with Crippen molar-refractivity contribution in [3.8, 4) is 0 Å². The maximum absolute atomic E-state index is 13.2. The topological polar surface area (TPSA) is 99.1 Å². The van der Waals surface area contributed by atoms with Crippen LogP contribution < -0.4 is 15.5 Å². The fraction of sp³-hybridized carbons (Fsp3) is 0.333. The van der Waals surface area contributed by atoms with E-state index < -0.39 is 0 Å². The Morgan fingerprint density at radius 1 is 1.16 bits per heavy atom.